The predicted octanol–water partition coefficient (Wildman–Crippen LogP) is 5.72. The van der Waals surface area contributed by atoms with Crippen LogP contribution in [-0.2, 0) is 20.2 Å². The van der Waals surface area contributed by atoms with Gasteiger partial charge < -0.3 is 12.3 Å². The van der Waals surface area contributed by atoms with Crippen LogP contribution >= 0.6 is 0 Å². The molecule has 0 bridgehead atoms. The van der Waals surface area contributed by atoms with Crippen molar-refractivity contribution in [3.05, 3.63) is 0 Å². The van der Waals surface area contributed by atoms with Gasteiger partial charge in [-0.2, -0.15) is 16.8 Å². The quantitative estimate of drug-likeness (QED) is 0.0891. The van der Waals surface area contributed by atoms with Crippen LogP contribution in [0.1, 0.15) is 0 Å². The molecule has 302 valence electrons. The van der Waals surface area contributed by atoms with Gasteiger partial charge in [-0.15, -0.1) is 0 Å². The van der Waals surface area contributed by atoms with E-state index in [0.717, 1.165) is 0 Å². The number of rotatable bonds is 20. The van der Waals surface area contributed by atoms with Gasteiger partial charge in [0.2, 0.25) is 0 Å². The van der Waals surface area contributed by atoms with Crippen LogP contribution < -0.4 is 12.3 Å². The monoisotopic (exact) mass is 820 g/mol. The molecule has 49 heavy (non-hydrogen) atoms. The van der Waals surface area contributed by atoms with E-state index >= 15 is 0 Å². The van der Waals surface area contributed by atoms with Gasteiger partial charge in [0.1, 0.15) is 18.2 Å². The van der Waals surface area contributed by atoms with Crippen LogP contribution in [0.15, 0.2) is 0 Å². The molecular formula is C20H31F19N2O6S2. The minimum absolute atomic E-state index is 0. The van der Waals surface area contributed by atoms with Crippen molar-refractivity contribution in [3.8, 4) is 0 Å². The average molecular weight is 821 g/mol. The predicted molar refractivity (Wildman–Crippen MR) is 133 cm³/mol. The van der Waals surface area contributed by atoms with Crippen LogP contribution in [0.2, 0.25) is 0 Å². The zero-order chi connectivity index (χ0) is 37.9. The SMILES string of the molecule is N.N.O=S(=O)(O)CC(F)C(F)C(F)C(F)C(F)C(F)C(F)C(F)C(F)F.O=S(=O)(O)CC(F)C(F)C(F)C(F)C(F)C(F)C(F)C(F)CF. The van der Waals surface area contributed by atoms with Crippen molar-refractivity contribution >= 4 is 20.2 Å². The number of halogens is 19. The van der Waals surface area contributed by atoms with E-state index in [1.807, 2.05) is 0 Å². The van der Waals surface area contributed by atoms with Crippen molar-refractivity contribution in [1.29, 1.82) is 0 Å². The van der Waals surface area contributed by atoms with Crippen LogP contribution in [0, 0.1) is 0 Å². The van der Waals surface area contributed by atoms with Gasteiger partial charge in [0.25, 0.3) is 26.7 Å². The highest BCUT2D eigenvalue weighted by Crippen LogP contribution is 2.30. The Morgan fingerprint density at radius 3 is 0.714 bits per heavy atom. The summed E-state index contributed by atoms with van der Waals surface area (Å²) in [6.07, 6.45) is -63.6. The minimum Gasteiger partial charge on any atom is -0.344 e. The first-order chi connectivity index (χ1) is 21.0. The van der Waals surface area contributed by atoms with E-state index in [9.17, 15) is 100 Å². The molecule has 0 radical (unpaired) electrons. The fourth-order valence-corrected chi connectivity index (χ4v) is 4.16. The molecule has 0 aliphatic heterocycles. The van der Waals surface area contributed by atoms with Gasteiger partial charge in [0, 0.05) is 0 Å². The molecule has 0 aromatic heterocycles. The van der Waals surface area contributed by atoms with E-state index in [1.54, 1.807) is 0 Å². The summed E-state index contributed by atoms with van der Waals surface area (Å²) < 4.78 is 301. The fraction of sp³-hybridized carbons (Fsp3) is 1.00. The molecule has 29 heteroatoms. The second-order valence-electron chi connectivity index (χ2n) is 9.31. The largest absolute Gasteiger partial charge is 0.344 e. The highest BCUT2D eigenvalue weighted by atomic mass is 32.2. The van der Waals surface area contributed by atoms with E-state index in [2.05, 4.69) is 0 Å². The highest BCUT2D eigenvalue weighted by Gasteiger charge is 2.50. The molecule has 0 aromatic rings. The molecule has 16 atom stereocenters. The smallest absolute Gasteiger partial charge is 0.272 e. The van der Waals surface area contributed by atoms with Gasteiger partial charge in [0.15, 0.2) is 98.7 Å². The Morgan fingerprint density at radius 1 is 0.347 bits per heavy atom. The lowest BCUT2D eigenvalue weighted by molar-refractivity contribution is -0.0690. The molecular weight excluding hydrogens is 789 g/mol. The maximum atomic E-state index is 13.2. The Hall–Kier alpha value is -1.59. The summed E-state index contributed by atoms with van der Waals surface area (Å²) in [5.74, 6) is -4.03. The molecule has 16 unspecified atom stereocenters. The van der Waals surface area contributed by atoms with Crippen molar-refractivity contribution in [2.45, 2.75) is 105 Å². The maximum absolute atomic E-state index is 13.2. The molecule has 0 fully saturated rings. The molecule has 0 aliphatic carbocycles. The van der Waals surface area contributed by atoms with Crippen molar-refractivity contribution in [3.63, 3.8) is 0 Å². The summed E-state index contributed by atoms with van der Waals surface area (Å²) in [4.78, 5) is 0. The summed E-state index contributed by atoms with van der Waals surface area (Å²) in [6.45, 7) is -2.09. The summed E-state index contributed by atoms with van der Waals surface area (Å²) in [5, 5.41) is 0. The van der Waals surface area contributed by atoms with Gasteiger partial charge in [0.05, 0.1) is 0 Å². The third-order valence-electron chi connectivity index (χ3n) is 5.51. The van der Waals surface area contributed by atoms with Crippen LogP contribution in [-0.4, -0.2) is 149 Å². The second-order valence-corrected chi connectivity index (χ2v) is 12.3. The first-order valence-corrected chi connectivity index (χ1v) is 15.2. The van der Waals surface area contributed by atoms with Crippen LogP contribution in [0.5, 0.6) is 0 Å². The van der Waals surface area contributed by atoms with Crippen molar-refractivity contribution in [1.82, 2.24) is 12.3 Å². The third kappa shape index (κ3) is 18.5. The summed E-state index contributed by atoms with van der Waals surface area (Å²) >= 11 is 0. The number of alkyl halides is 19. The van der Waals surface area contributed by atoms with Gasteiger partial charge in [-0.05, 0) is 0 Å². The van der Waals surface area contributed by atoms with E-state index in [1.165, 1.54) is 0 Å². The molecule has 0 amide bonds. The van der Waals surface area contributed by atoms with Gasteiger partial charge in [-0.3, -0.25) is 9.11 Å². The molecule has 0 heterocycles. The standard InChI is InChI=1S/C10H12F10O3S.C10H13F9O3S.2H3N/c11-2(1-24(21,22)23)3(12)4(13)5(14)6(15)7(16)8(17)9(18)10(19)20;11-1-3(12)5(14)7(16)9(18)10(19)8(17)6(15)4(13)2-23(20,21)22;;/h2-10H,1H2,(H,21,22,23);3-10H,1-2H2,(H,20,21,22);2*1H3. The van der Waals surface area contributed by atoms with E-state index < -0.39 is 144 Å². The Morgan fingerprint density at radius 2 is 0.531 bits per heavy atom. The van der Waals surface area contributed by atoms with E-state index in [0.29, 0.717) is 0 Å². The minimum atomic E-state index is -5.16. The Kier molecular flexibility index (Phi) is 25.5. The zero-order valence-corrected chi connectivity index (χ0v) is 25.5. The van der Waals surface area contributed by atoms with Gasteiger partial charge in [-0.25, -0.2) is 83.4 Å². The fourth-order valence-electron chi connectivity index (χ4n) is 2.99. The summed E-state index contributed by atoms with van der Waals surface area (Å²) in [5.41, 5.74) is 0. The number of hydrogen-bond donors (Lipinski definition) is 4. The summed E-state index contributed by atoms with van der Waals surface area (Å²) in [7, 11) is -10.3. The lowest BCUT2D eigenvalue weighted by atomic mass is 9.98. The van der Waals surface area contributed by atoms with Crippen molar-refractivity contribution in [2.24, 2.45) is 0 Å². The topological polar surface area (TPSA) is 179 Å². The first-order valence-electron chi connectivity index (χ1n) is 12.0. The normalized spacial score (nSPS) is 22.3. The maximum Gasteiger partial charge on any atom is 0.272 e. The highest BCUT2D eigenvalue weighted by molar-refractivity contribution is 7.86. The first kappa shape index (κ1) is 54.2. The van der Waals surface area contributed by atoms with Crippen molar-refractivity contribution < 1.29 is 109 Å². The molecule has 0 aliphatic rings. The lowest BCUT2D eigenvalue weighted by Gasteiger charge is -2.26. The Bertz CT molecular complexity index is 1110. The molecule has 8 nitrogen and oxygen atoms in total. The zero-order valence-electron chi connectivity index (χ0n) is 23.9. The van der Waals surface area contributed by atoms with Crippen LogP contribution in [0.25, 0.3) is 0 Å². The van der Waals surface area contributed by atoms with E-state index in [4.69, 9.17) is 9.11 Å². The average Bonchev–Trinajstić information content (AvgIpc) is 2.97. The van der Waals surface area contributed by atoms with Crippen LogP contribution in [0.4, 0.5) is 83.4 Å². The Balaban J connectivity index is -0.000000397. The summed E-state index contributed by atoms with van der Waals surface area (Å²) in [6, 6.07) is 0. The molecule has 0 rings (SSSR count). The van der Waals surface area contributed by atoms with Gasteiger partial charge >= 0.3 is 0 Å². The van der Waals surface area contributed by atoms with Crippen molar-refractivity contribution in [2.75, 3.05) is 18.2 Å². The number of hydrogen-bond acceptors (Lipinski definition) is 6. The van der Waals surface area contributed by atoms with E-state index in [-0.39, 0.29) is 12.3 Å². The molecule has 0 spiro atoms. The third-order valence-corrected chi connectivity index (χ3v) is 6.99. The molecule has 0 aromatic carbocycles. The second kappa shape index (κ2) is 23.1. The molecule has 0 saturated carbocycles. The lowest BCUT2D eigenvalue weighted by Crippen LogP contribution is -2.48. The van der Waals surface area contributed by atoms with Gasteiger partial charge in [-0.1, -0.05) is 0 Å². The molecule has 8 N–H and O–H groups in total. The Labute approximate surface area is 265 Å². The molecule has 0 saturated heterocycles. The van der Waals surface area contributed by atoms with Crippen LogP contribution in [0.3, 0.4) is 0 Å².